The highest BCUT2D eigenvalue weighted by Crippen LogP contribution is 2.35. The maximum Gasteiger partial charge on any atom is 0.215 e. The van der Waals surface area contributed by atoms with Gasteiger partial charge < -0.3 is 9.84 Å². The lowest BCUT2D eigenvalue weighted by atomic mass is 10.0. The molecule has 5 aromatic rings. The number of ketones is 1. The number of phenols is 1. The Kier molecular flexibility index (Phi) is 5.67. The Bertz CT molecular complexity index is 1440. The second kappa shape index (κ2) is 9.08. The minimum atomic E-state index is -0.317. The van der Waals surface area contributed by atoms with Crippen molar-refractivity contribution in [1.29, 1.82) is 0 Å². The first kappa shape index (κ1) is 21.2. The highest BCUT2D eigenvalue weighted by Gasteiger charge is 2.28. The van der Waals surface area contributed by atoms with Gasteiger partial charge in [-0.1, -0.05) is 72.8 Å². The number of hydrogen-bond donors (Lipinski definition) is 1. The Balaban J connectivity index is 1.85. The summed E-state index contributed by atoms with van der Waals surface area (Å²) in [5.41, 5.74) is 3.57. The Labute approximate surface area is 197 Å². The molecule has 0 saturated carbocycles. The van der Waals surface area contributed by atoms with E-state index < -0.39 is 0 Å². The fourth-order valence-electron chi connectivity index (χ4n) is 3.98. The molecule has 0 aliphatic rings. The van der Waals surface area contributed by atoms with E-state index in [0.29, 0.717) is 23.0 Å². The number of phenolic OH excluding ortho intramolecular Hbond substituents is 1. The molecular formula is C29H22N2O3. The molecule has 1 heterocycles. The van der Waals surface area contributed by atoms with Gasteiger partial charge in [-0.15, -0.1) is 0 Å². The fourth-order valence-corrected chi connectivity index (χ4v) is 3.98. The van der Waals surface area contributed by atoms with Crippen LogP contribution >= 0.6 is 0 Å². The molecule has 5 rings (SSSR count). The summed E-state index contributed by atoms with van der Waals surface area (Å²) in [5.74, 6) is 0.947. The van der Waals surface area contributed by atoms with Gasteiger partial charge in [0.25, 0.3) is 0 Å². The van der Waals surface area contributed by atoms with E-state index in [1.54, 1.807) is 25.3 Å². The van der Waals surface area contributed by atoms with Crippen LogP contribution in [0, 0.1) is 0 Å². The van der Waals surface area contributed by atoms with Crippen LogP contribution in [0.1, 0.15) is 16.1 Å². The second-order valence-electron chi connectivity index (χ2n) is 7.74. The zero-order valence-electron chi connectivity index (χ0n) is 18.6. The zero-order valence-corrected chi connectivity index (χ0v) is 18.6. The number of methoxy groups -OCH3 is 1. The number of carbonyl (C=O) groups excluding carboxylic acids is 1. The molecule has 0 bridgehead atoms. The van der Waals surface area contributed by atoms with Gasteiger partial charge in [-0.25, -0.2) is 4.98 Å². The quantitative estimate of drug-likeness (QED) is 0.318. The summed E-state index contributed by atoms with van der Waals surface area (Å²) in [6.45, 7) is 0. The maximum absolute atomic E-state index is 14.0. The van der Waals surface area contributed by atoms with Gasteiger partial charge in [0.15, 0.2) is 0 Å². The number of nitrogens with zero attached hydrogens (tertiary/aromatic N) is 2. The normalized spacial score (nSPS) is 10.7. The molecule has 5 heteroatoms. The molecule has 0 spiro atoms. The molecule has 4 aromatic carbocycles. The van der Waals surface area contributed by atoms with Gasteiger partial charge in [-0.3, -0.25) is 9.36 Å². The van der Waals surface area contributed by atoms with Crippen molar-refractivity contribution in [3.63, 3.8) is 0 Å². The summed E-state index contributed by atoms with van der Waals surface area (Å²) >= 11 is 0. The molecule has 0 aliphatic carbocycles. The lowest BCUT2D eigenvalue weighted by molar-refractivity contribution is 0.103. The van der Waals surface area contributed by atoms with Gasteiger partial charge in [-0.2, -0.15) is 0 Å². The van der Waals surface area contributed by atoms with E-state index in [-0.39, 0.29) is 17.1 Å². The number of benzene rings is 4. The highest BCUT2D eigenvalue weighted by atomic mass is 16.5. The average molecular weight is 447 g/mol. The van der Waals surface area contributed by atoms with Gasteiger partial charge in [-0.05, 0) is 36.4 Å². The molecule has 0 unspecified atom stereocenters. The fraction of sp³-hybridized carbons (Fsp3) is 0.0345. The van der Waals surface area contributed by atoms with Crippen molar-refractivity contribution < 1.29 is 14.6 Å². The molecule has 0 amide bonds. The van der Waals surface area contributed by atoms with Crippen molar-refractivity contribution >= 4 is 5.78 Å². The van der Waals surface area contributed by atoms with Gasteiger partial charge >= 0.3 is 0 Å². The second-order valence-corrected chi connectivity index (χ2v) is 7.74. The van der Waals surface area contributed by atoms with Gasteiger partial charge in [0.1, 0.15) is 28.7 Å². The Morgan fingerprint density at radius 3 is 1.97 bits per heavy atom. The average Bonchev–Trinajstić information content (AvgIpc) is 3.30. The molecule has 0 fully saturated rings. The molecule has 5 nitrogen and oxygen atoms in total. The summed E-state index contributed by atoms with van der Waals surface area (Å²) in [6.07, 6.45) is 0. The molecule has 0 saturated heterocycles. The number of para-hydroxylation sites is 1. The van der Waals surface area contributed by atoms with Crippen molar-refractivity contribution in [2.45, 2.75) is 0 Å². The predicted molar refractivity (Wildman–Crippen MR) is 133 cm³/mol. The predicted octanol–water partition coefficient (Wildman–Crippen LogP) is 6.15. The van der Waals surface area contributed by atoms with Crippen LogP contribution in [0.3, 0.4) is 0 Å². The minimum absolute atomic E-state index is 0.0738. The van der Waals surface area contributed by atoms with Crippen LogP contribution in [-0.4, -0.2) is 27.6 Å². The first-order valence-electron chi connectivity index (χ1n) is 10.9. The van der Waals surface area contributed by atoms with E-state index >= 15 is 0 Å². The largest absolute Gasteiger partial charge is 0.507 e. The first-order chi connectivity index (χ1) is 16.7. The third kappa shape index (κ3) is 3.84. The summed E-state index contributed by atoms with van der Waals surface area (Å²) in [7, 11) is 1.61. The molecule has 0 aliphatic heterocycles. The lowest BCUT2D eigenvalue weighted by Gasteiger charge is -2.14. The SMILES string of the molecule is COc1ccc(-n2c(-c3ccccc3)nc(-c3ccccc3)c2C(=O)c2ccccc2O)cc1. The molecule has 0 radical (unpaired) electrons. The number of carbonyl (C=O) groups is 1. The number of hydrogen-bond acceptors (Lipinski definition) is 4. The van der Waals surface area contributed by atoms with Crippen LogP contribution in [0.5, 0.6) is 11.5 Å². The molecule has 0 atom stereocenters. The van der Waals surface area contributed by atoms with E-state index in [1.165, 1.54) is 6.07 Å². The summed E-state index contributed by atoms with van der Waals surface area (Å²) in [6, 6.07) is 33.4. The maximum atomic E-state index is 14.0. The third-order valence-electron chi connectivity index (χ3n) is 5.65. The molecule has 166 valence electrons. The number of imidazole rings is 1. The number of rotatable bonds is 6. The first-order valence-corrected chi connectivity index (χ1v) is 10.9. The number of aromatic nitrogens is 2. The van der Waals surface area contributed by atoms with Crippen LogP contribution in [0.25, 0.3) is 28.3 Å². The van der Waals surface area contributed by atoms with Crippen molar-refractivity contribution in [3.05, 3.63) is 120 Å². The summed E-state index contributed by atoms with van der Waals surface area (Å²) in [4.78, 5) is 19.0. The van der Waals surface area contributed by atoms with E-state index in [2.05, 4.69) is 0 Å². The van der Waals surface area contributed by atoms with Crippen LogP contribution < -0.4 is 4.74 Å². The van der Waals surface area contributed by atoms with E-state index in [4.69, 9.17) is 9.72 Å². The van der Waals surface area contributed by atoms with Crippen LogP contribution in [0.2, 0.25) is 0 Å². The van der Waals surface area contributed by atoms with Crippen molar-refractivity contribution in [1.82, 2.24) is 9.55 Å². The monoisotopic (exact) mass is 446 g/mol. The summed E-state index contributed by atoms with van der Waals surface area (Å²) in [5, 5.41) is 10.5. The number of aromatic hydroxyl groups is 1. The topological polar surface area (TPSA) is 64.4 Å². The Morgan fingerprint density at radius 2 is 1.35 bits per heavy atom. The Morgan fingerprint density at radius 1 is 0.765 bits per heavy atom. The Hall–Kier alpha value is -4.64. The molecule has 1 N–H and O–H groups in total. The third-order valence-corrected chi connectivity index (χ3v) is 5.65. The summed E-state index contributed by atoms with van der Waals surface area (Å²) < 4.78 is 7.19. The zero-order chi connectivity index (χ0) is 23.5. The molecular weight excluding hydrogens is 424 g/mol. The lowest BCUT2D eigenvalue weighted by Crippen LogP contribution is -2.11. The van der Waals surface area contributed by atoms with Crippen molar-refractivity contribution in [2.24, 2.45) is 0 Å². The number of ether oxygens (including phenoxy) is 1. The van der Waals surface area contributed by atoms with Gasteiger partial charge in [0, 0.05) is 16.8 Å². The van der Waals surface area contributed by atoms with E-state index in [9.17, 15) is 9.90 Å². The van der Waals surface area contributed by atoms with E-state index in [1.807, 2.05) is 89.5 Å². The van der Waals surface area contributed by atoms with Gasteiger partial charge in [0.2, 0.25) is 5.78 Å². The smallest absolute Gasteiger partial charge is 0.215 e. The van der Waals surface area contributed by atoms with Crippen molar-refractivity contribution in [3.8, 4) is 39.8 Å². The van der Waals surface area contributed by atoms with E-state index in [0.717, 1.165) is 16.8 Å². The van der Waals surface area contributed by atoms with Gasteiger partial charge in [0.05, 0.1) is 12.7 Å². The van der Waals surface area contributed by atoms with Crippen molar-refractivity contribution in [2.75, 3.05) is 7.11 Å². The van der Waals surface area contributed by atoms with Crippen LogP contribution in [0.4, 0.5) is 0 Å². The molecule has 1 aromatic heterocycles. The minimum Gasteiger partial charge on any atom is -0.507 e. The van der Waals surface area contributed by atoms with Crippen LogP contribution in [-0.2, 0) is 0 Å². The standard InChI is InChI=1S/C29H22N2O3/c1-34-23-18-16-22(17-19-23)31-27(28(33)24-14-8-9-15-25(24)32)26(20-10-4-2-5-11-20)30-29(31)21-12-6-3-7-13-21/h2-19,32H,1H3. The molecule has 34 heavy (non-hydrogen) atoms. The van der Waals surface area contributed by atoms with Crippen LogP contribution in [0.15, 0.2) is 109 Å². The highest BCUT2D eigenvalue weighted by molar-refractivity contribution is 6.13.